The zero-order chi connectivity index (χ0) is 12.5. The van der Waals surface area contributed by atoms with E-state index >= 15 is 0 Å². The molecule has 18 heavy (non-hydrogen) atoms. The van der Waals surface area contributed by atoms with Crippen LogP contribution in [-0.4, -0.2) is 23.2 Å². The molecule has 0 fully saturated rings. The maximum absolute atomic E-state index is 8.82. The Labute approximate surface area is 104 Å². The van der Waals surface area contributed by atoms with Gasteiger partial charge in [0.1, 0.15) is 0 Å². The number of aromatic nitrogens is 1. The lowest BCUT2D eigenvalue weighted by Crippen LogP contribution is -2.04. The molecule has 0 aliphatic heterocycles. The molecule has 0 atom stereocenters. The van der Waals surface area contributed by atoms with Crippen LogP contribution in [0.25, 0.3) is 21.8 Å². The molecule has 5 N–H and O–H groups in total. The van der Waals surface area contributed by atoms with Gasteiger partial charge in [-0.15, -0.1) is 0 Å². The van der Waals surface area contributed by atoms with Gasteiger partial charge >= 0.3 is 0 Å². The maximum atomic E-state index is 8.82. The van der Waals surface area contributed by atoms with Gasteiger partial charge in [0.25, 0.3) is 0 Å². The summed E-state index contributed by atoms with van der Waals surface area (Å²) in [4.78, 5) is 3.36. The number of fused-ring (bicyclic) bond motifs is 3. The number of aliphatic hydroxyl groups is 1. The van der Waals surface area contributed by atoms with Crippen LogP contribution >= 0.6 is 0 Å². The average Bonchev–Trinajstić information content (AvgIpc) is 2.74. The number of nitrogen functional groups attached to an aromatic ring is 1. The molecule has 92 valence electrons. The van der Waals surface area contributed by atoms with Crippen LogP contribution in [0.1, 0.15) is 0 Å². The molecule has 0 saturated heterocycles. The molecule has 4 nitrogen and oxygen atoms in total. The van der Waals surface area contributed by atoms with Crippen LogP contribution in [0.4, 0.5) is 11.4 Å². The molecule has 3 aromatic rings. The number of aliphatic hydroxyl groups excluding tert-OH is 1. The minimum Gasteiger partial charge on any atom is -0.399 e. The molecule has 0 bridgehead atoms. The third kappa shape index (κ3) is 1.76. The summed E-state index contributed by atoms with van der Waals surface area (Å²) in [5.41, 5.74) is 9.76. The summed E-state index contributed by atoms with van der Waals surface area (Å²) >= 11 is 0. The lowest BCUT2D eigenvalue weighted by molar-refractivity contribution is 0.311. The first-order valence-corrected chi connectivity index (χ1v) is 5.93. The Morgan fingerprint density at radius 3 is 2.56 bits per heavy atom. The van der Waals surface area contributed by atoms with Crippen molar-refractivity contribution < 1.29 is 5.11 Å². The second-order valence-corrected chi connectivity index (χ2v) is 4.34. The molecule has 1 heterocycles. The van der Waals surface area contributed by atoms with Crippen molar-refractivity contribution in [2.24, 2.45) is 0 Å². The Balaban J connectivity index is 2.18. The number of hydrogen-bond acceptors (Lipinski definition) is 3. The topological polar surface area (TPSA) is 74.1 Å². The fourth-order valence-corrected chi connectivity index (χ4v) is 2.23. The second kappa shape index (κ2) is 4.23. The van der Waals surface area contributed by atoms with Crippen LogP contribution in [0.5, 0.6) is 0 Å². The van der Waals surface area contributed by atoms with Gasteiger partial charge in [-0.2, -0.15) is 0 Å². The quantitative estimate of drug-likeness (QED) is 0.532. The summed E-state index contributed by atoms with van der Waals surface area (Å²) in [7, 11) is 0. The molecule has 3 rings (SSSR count). The number of nitrogens with one attached hydrogen (secondary N) is 2. The normalized spacial score (nSPS) is 11.2. The van der Waals surface area contributed by atoms with Crippen molar-refractivity contribution in [2.75, 3.05) is 24.2 Å². The van der Waals surface area contributed by atoms with Gasteiger partial charge in [-0.05, 0) is 36.4 Å². The predicted octanol–water partition coefficient (Wildman–Crippen LogP) is 2.31. The second-order valence-electron chi connectivity index (χ2n) is 4.34. The van der Waals surface area contributed by atoms with E-state index in [0.29, 0.717) is 6.54 Å². The molecule has 2 aromatic carbocycles. The smallest absolute Gasteiger partial charge is 0.0604 e. The average molecular weight is 241 g/mol. The van der Waals surface area contributed by atoms with E-state index in [1.165, 1.54) is 0 Å². The lowest BCUT2D eigenvalue weighted by Gasteiger charge is -2.04. The molecular weight excluding hydrogens is 226 g/mol. The van der Waals surface area contributed by atoms with Crippen LogP contribution in [-0.2, 0) is 0 Å². The summed E-state index contributed by atoms with van der Waals surface area (Å²) < 4.78 is 0. The van der Waals surface area contributed by atoms with Gasteiger partial charge in [0.15, 0.2) is 0 Å². The number of benzene rings is 2. The van der Waals surface area contributed by atoms with Crippen LogP contribution in [0.15, 0.2) is 36.4 Å². The van der Waals surface area contributed by atoms with E-state index in [2.05, 4.69) is 16.4 Å². The summed E-state index contributed by atoms with van der Waals surface area (Å²) in [6, 6.07) is 12.0. The predicted molar refractivity (Wildman–Crippen MR) is 75.8 cm³/mol. The van der Waals surface area contributed by atoms with E-state index in [1.54, 1.807) is 0 Å². The Kier molecular flexibility index (Phi) is 2.57. The van der Waals surface area contributed by atoms with Crippen LogP contribution in [0, 0.1) is 0 Å². The minimum absolute atomic E-state index is 0.124. The highest BCUT2D eigenvalue weighted by molar-refractivity contribution is 6.09. The number of hydrogen-bond donors (Lipinski definition) is 4. The van der Waals surface area contributed by atoms with Crippen molar-refractivity contribution >= 4 is 33.2 Å². The summed E-state index contributed by atoms with van der Waals surface area (Å²) in [5.74, 6) is 0. The van der Waals surface area contributed by atoms with Crippen molar-refractivity contribution in [3.05, 3.63) is 36.4 Å². The molecule has 0 amide bonds. The first kappa shape index (κ1) is 10.9. The summed E-state index contributed by atoms with van der Waals surface area (Å²) in [5, 5.41) is 14.2. The first-order valence-electron chi connectivity index (χ1n) is 5.93. The maximum Gasteiger partial charge on any atom is 0.0604 e. The fraction of sp³-hybridized carbons (Fsp3) is 0.143. The molecule has 0 aliphatic rings. The number of aromatic amines is 1. The first-order chi connectivity index (χ1) is 8.78. The third-order valence-electron chi connectivity index (χ3n) is 3.06. The highest BCUT2D eigenvalue weighted by Gasteiger charge is 2.05. The van der Waals surface area contributed by atoms with Crippen molar-refractivity contribution in [3.63, 3.8) is 0 Å². The molecule has 0 aliphatic carbocycles. The molecular formula is C14H15N3O. The van der Waals surface area contributed by atoms with Crippen LogP contribution in [0.2, 0.25) is 0 Å². The van der Waals surface area contributed by atoms with Gasteiger partial charge in [-0.1, -0.05) is 0 Å². The molecule has 0 spiro atoms. The summed E-state index contributed by atoms with van der Waals surface area (Å²) in [6.07, 6.45) is 0. The largest absolute Gasteiger partial charge is 0.399 e. The Bertz CT molecular complexity index is 703. The van der Waals surface area contributed by atoms with E-state index in [-0.39, 0.29) is 6.61 Å². The molecule has 0 saturated carbocycles. The number of rotatable bonds is 3. The zero-order valence-electron chi connectivity index (χ0n) is 9.90. The van der Waals surface area contributed by atoms with E-state index < -0.39 is 0 Å². The Hall–Kier alpha value is -2.20. The van der Waals surface area contributed by atoms with Crippen molar-refractivity contribution in [2.45, 2.75) is 0 Å². The van der Waals surface area contributed by atoms with Crippen molar-refractivity contribution in [1.29, 1.82) is 0 Å². The van der Waals surface area contributed by atoms with Gasteiger partial charge in [0, 0.05) is 39.7 Å². The van der Waals surface area contributed by atoms with E-state index in [1.807, 2.05) is 30.3 Å². The standard InChI is InChI=1S/C14H15N3O/c15-9-1-3-13-11(7-9)12-8-10(16-5-6-18)2-4-14(12)17-13/h1-4,7-8,16-18H,5-6,15H2. The van der Waals surface area contributed by atoms with Crippen LogP contribution in [0.3, 0.4) is 0 Å². The monoisotopic (exact) mass is 241 g/mol. The lowest BCUT2D eigenvalue weighted by atomic mass is 10.1. The van der Waals surface area contributed by atoms with Crippen LogP contribution < -0.4 is 11.1 Å². The Morgan fingerprint density at radius 2 is 1.78 bits per heavy atom. The molecule has 4 heteroatoms. The molecule has 0 radical (unpaired) electrons. The van der Waals surface area contributed by atoms with Crippen molar-refractivity contribution in [1.82, 2.24) is 4.98 Å². The van der Waals surface area contributed by atoms with E-state index in [0.717, 1.165) is 33.2 Å². The molecule has 1 aromatic heterocycles. The Morgan fingerprint density at radius 1 is 1.06 bits per heavy atom. The zero-order valence-corrected chi connectivity index (χ0v) is 9.90. The van der Waals surface area contributed by atoms with Gasteiger partial charge in [-0.3, -0.25) is 0 Å². The van der Waals surface area contributed by atoms with Gasteiger partial charge in [0.05, 0.1) is 6.61 Å². The van der Waals surface area contributed by atoms with E-state index in [4.69, 9.17) is 10.8 Å². The van der Waals surface area contributed by atoms with Gasteiger partial charge in [-0.25, -0.2) is 0 Å². The minimum atomic E-state index is 0.124. The SMILES string of the molecule is Nc1ccc2[nH]c3ccc(NCCO)cc3c2c1. The summed E-state index contributed by atoms with van der Waals surface area (Å²) in [6.45, 7) is 0.675. The third-order valence-corrected chi connectivity index (χ3v) is 3.06. The molecule has 0 unspecified atom stereocenters. The number of anilines is 2. The highest BCUT2D eigenvalue weighted by atomic mass is 16.3. The highest BCUT2D eigenvalue weighted by Crippen LogP contribution is 2.29. The van der Waals surface area contributed by atoms with E-state index in [9.17, 15) is 0 Å². The van der Waals surface area contributed by atoms with Crippen molar-refractivity contribution in [3.8, 4) is 0 Å². The fourth-order valence-electron chi connectivity index (χ4n) is 2.23. The number of H-pyrrole nitrogens is 1. The number of nitrogens with two attached hydrogens (primary N) is 1. The van der Waals surface area contributed by atoms with Gasteiger partial charge in [0.2, 0.25) is 0 Å². The van der Waals surface area contributed by atoms with Gasteiger partial charge < -0.3 is 21.1 Å².